The summed E-state index contributed by atoms with van der Waals surface area (Å²) in [6, 6.07) is 3.68. The monoisotopic (exact) mass is 195 g/mol. The first kappa shape index (κ1) is 11.1. The van der Waals surface area contributed by atoms with Crippen LogP contribution in [-0.4, -0.2) is 23.8 Å². The van der Waals surface area contributed by atoms with Crippen LogP contribution < -0.4 is 0 Å². The standard InChI is InChI=1S/C11H17NO2/c1-9(5-8-14-2)11(13)10-3-6-12-7-4-10/h3-4,6-7,9,11,13H,5,8H2,1-2H3. The number of pyridine rings is 1. The zero-order valence-corrected chi connectivity index (χ0v) is 8.68. The zero-order chi connectivity index (χ0) is 10.4. The van der Waals surface area contributed by atoms with Gasteiger partial charge in [0.25, 0.3) is 0 Å². The van der Waals surface area contributed by atoms with Crippen molar-refractivity contribution in [1.82, 2.24) is 4.98 Å². The summed E-state index contributed by atoms with van der Waals surface area (Å²) in [4.78, 5) is 3.91. The van der Waals surface area contributed by atoms with Crippen LogP contribution in [0.1, 0.15) is 25.0 Å². The summed E-state index contributed by atoms with van der Waals surface area (Å²) in [5.74, 6) is 0.206. The Hall–Kier alpha value is -0.930. The molecule has 1 N–H and O–H groups in total. The molecule has 2 unspecified atom stereocenters. The number of aliphatic hydroxyl groups is 1. The molecule has 2 atom stereocenters. The molecule has 0 aromatic carbocycles. The van der Waals surface area contributed by atoms with Gasteiger partial charge in [-0.1, -0.05) is 6.92 Å². The second-order valence-electron chi connectivity index (χ2n) is 3.48. The molecule has 0 aliphatic heterocycles. The van der Waals surface area contributed by atoms with Crippen molar-refractivity contribution in [1.29, 1.82) is 0 Å². The van der Waals surface area contributed by atoms with E-state index in [1.165, 1.54) is 0 Å². The van der Waals surface area contributed by atoms with Gasteiger partial charge >= 0.3 is 0 Å². The van der Waals surface area contributed by atoms with Gasteiger partial charge in [0, 0.05) is 26.1 Å². The lowest BCUT2D eigenvalue weighted by atomic mass is 9.96. The molecule has 0 saturated carbocycles. The van der Waals surface area contributed by atoms with E-state index in [2.05, 4.69) is 4.98 Å². The Labute approximate surface area is 84.7 Å². The van der Waals surface area contributed by atoms with Gasteiger partial charge in [-0.15, -0.1) is 0 Å². The van der Waals surface area contributed by atoms with E-state index >= 15 is 0 Å². The first-order valence-corrected chi connectivity index (χ1v) is 4.82. The molecule has 0 saturated heterocycles. The maximum atomic E-state index is 9.93. The number of rotatable bonds is 5. The van der Waals surface area contributed by atoms with Crippen molar-refractivity contribution >= 4 is 0 Å². The molecule has 0 bridgehead atoms. The van der Waals surface area contributed by atoms with Crippen LogP contribution in [0, 0.1) is 5.92 Å². The van der Waals surface area contributed by atoms with E-state index in [4.69, 9.17) is 4.74 Å². The number of nitrogens with zero attached hydrogens (tertiary/aromatic N) is 1. The van der Waals surface area contributed by atoms with E-state index in [0.717, 1.165) is 12.0 Å². The molecule has 78 valence electrons. The van der Waals surface area contributed by atoms with Gasteiger partial charge in [-0.3, -0.25) is 4.98 Å². The van der Waals surface area contributed by atoms with Crippen molar-refractivity contribution in [2.75, 3.05) is 13.7 Å². The van der Waals surface area contributed by atoms with Crippen LogP contribution in [0.2, 0.25) is 0 Å². The van der Waals surface area contributed by atoms with Crippen molar-refractivity contribution in [3.05, 3.63) is 30.1 Å². The van der Waals surface area contributed by atoms with Gasteiger partial charge in [0.1, 0.15) is 0 Å². The van der Waals surface area contributed by atoms with Crippen LogP contribution in [0.5, 0.6) is 0 Å². The molecule has 1 rings (SSSR count). The van der Waals surface area contributed by atoms with E-state index in [9.17, 15) is 5.11 Å². The number of hydrogen-bond donors (Lipinski definition) is 1. The Balaban J connectivity index is 2.52. The molecule has 3 heteroatoms. The van der Waals surface area contributed by atoms with E-state index in [0.29, 0.717) is 6.61 Å². The molecule has 0 radical (unpaired) electrons. The highest BCUT2D eigenvalue weighted by Crippen LogP contribution is 2.23. The molecule has 3 nitrogen and oxygen atoms in total. The molecule has 0 aliphatic carbocycles. The van der Waals surface area contributed by atoms with Gasteiger partial charge in [0.2, 0.25) is 0 Å². The number of ether oxygens (including phenoxy) is 1. The molecular formula is C11H17NO2. The zero-order valence-electron chi connectivity index (χ0n) is 8.68. The van der Waals surface area contributed by atoms with E-state index in [1.807, 2.05) is 19.1 Å². The number of aliphatic hydroxyl groups excluding tert-OH is 1. The van der Waals surface area contributed by atoms with Gasteiger partial charge in [-0.2, -0.15) is 0 Å². The fourth-order valence-corrected chi connectivity index (χ4v) is 1.35. The molecule has 0 amide bonds. The Morgan fingerprint density at radius 1 is 1.43 bits per heavy atom. The second-order valence-corrected chi connectivity index (χ2v) is 3.48. The van der Waals surface area contributed by atoms with Gasteiger partial charge in [0.05, 0.1) is 6.10 Å². The smallest absolute Gasteiger partial charge is 0.0817 e. The Bertz CT molecular complexity index is 251. The molecule has 1 aromatic rings. The van der Waals surface area contributed by atoms with E-state index < -0.39 is 6.10 Å². The third kappa shape index (κ3) is 3.09. The van der Waals surface area contributed by atoms with Crippen LogP contribution >= 0.6 is 0 Å². The van der Waals surface area contributed by atoms with Gasteiger partial charge in [-0.05, 0) is 30.0 Å². The first-order valence-electron chi connectivity index (χ1n) is 4.82. The third-order valence-corrected chi connectivity index (χ3v) is 2.36. The normalized spacial score (nSPS) is 15.1. The van der Waals surface area contributed by atoms with Crippen LogP contribution in [0.3, 0.4) is 0 Å². The number of hydrogen-bond acceptors (Lipinski definition) is 3. The largest absolute Gasteiger partial charge is 0.388 e. The van der Waals surface area contributed by atoms with Crippen LogP contribution in [0.4, 0.5) is 0 Å². The summed E-state index contributed by atoms with van der Waals surface area (Å²) < 4.78 is 4.98. The third-order valence-electron chi connectivity index (χ3n) is 2.36. The fourth-order valence-electron chi connectivity index (χ4n) is 1.35. The predicted molar refractivity (Wildman–Crippen MR) is 54.9 cm³/mol. The van der Waals surface area contributed by atoms with Crippen molar-refractivity contribution in [3.8, 4) is 0 Å². The summed E-state index contributed by atoms with van der Waals surface area (Å²) in [6.07, 6.45) is 3.83. The van der Waals surface area contributed by atoms with Gasteiger partial charge < -0.3 is 9.84 Å². The van der Waals surface area contributed by atoms with Crippen LogP contribution in [-0.2, 0) is 4.74 Å². The highest BCUT2D eigenvalue weighted by Gasteiger charge is 2.15. The molecule has 0 fully saturated rings. The summed E-state index contributed by atoms with van der Waals surface area (Å²) >= 11 is 0. The Kier molecular flexibility index (Phi) is 4.56. The minimum Gasteiger partial charge on any atom is -0.388 e. The summed E-state index contributed by atoms with van der Waals surface area (Å²) in [7, 11) is 1.67. The van der Waals surface area contributed by atoms with Crippen LogP contribution in [0.25, 0.3) is 0 Å². The summed E-state index contributed by atoms with van der Waals surface area (Å²) in [6.45, 7) is 2.70. The van der Waals surface area contributed by atoms with E-state index in [-0.39, 0.29) is 5.92 Å². The van der Waals surface area contributed by atoms with Gasteiger partial charge in [-0.25, -0.2) is 0 Å². The molecule has 1 heterocycles. The quantitative estimate of drug-likeness (QED) is 0.778. The minimum absolute atomic E-state index is 0.206. The Morgan fingerprint density at radius 3 is 2.64 bits per heavy atom. The minimum atomic E-state index is -0.423. The highest BCUT2D eigenvalue weighted by atomic mass is 16.5. The predicted octanol–water partition coefficient (Wildman–Crippen LogP) is 1.79. The van der Waals surface area contributed by atoms with Crippen molar-refractivity contribution in [2.24, 2.45) is 5.92 Å². The Morgan fingerprint density at radius 2 is 2.07 bits per heavy atom. The number of methoxy groups -OCH3 is 1. The second kappa shape index (κ2) is 5.73. The lowest BCUT2D eigenvalue weighted by Gasteiger charge is -2.18. The average molecular weight is 195 g/mol. The highest BCUT2D eigenvalue weighted by molar-refractivity contribution is 5.13. The van der Waals surface area contributed by atoms with Crippen LogP contribution in [0.15, 0.2) is 24.5 Å². The topological polar surface area (TPSA) is 42.4 Å². The molecule has 0 spiro atoms. The molecular weight excluding hydrogens is 178 g/mol. The molecule has 1 aromatic heterocycles. The SMILES string of the molecule is COCCC(C)C(O)c1ccncc1. The summed E-state index contributed by atoms with van der Waals surface area (Å²) in [5, 5.41) is 9.93. The fraction of sp³-hybridized carbons (Fsp3) is 0.545. The van der Waals surface area contributed by atoms with Crippen molar-refractivity contribution < 1.29 is 9.84 Å². The summed E-state index contributed by atoms with van der Waals surface area (Å²) in [5.41, 5.74) is 0.920. The lowest BCUT2D eigenvalue weighted by Crippen LogP contribution is -2.11. The van der Waals surface area contributed by atoms with E-state index in [1.54, 1.807) is 19.5 Å². The number of aromatic nitrogens is 1. The maximum absolute atomic E-state index is 9.93. The molecule has 0 aliphatic rings. The van der Waals surface area contributed by atoms with Crippen molar-refractivity contribution in [2.45, 2.75) is 19.4 Å². The maximum Gasteiger partial charge on any atom is 0.0817 e. The lowest BCUT2D eigenvalue weighted by molar-refractivity contribution is 0.0885. The van der Waals surface area contributed by atoms with Gasteiger partial charge in [0.15, 0.2) is 0 Å². The average Bonchev–Trinajstić information content (AvgIpc) is 2.26. The first-order chi connectivity index (χ1) is 6.75. The van der Waals surface area contributed by atoms with Crippen molar-refractivity contribution in [3.63, 3.8) is 0 Å². The molecule has 14 heavy (non-hydrogen) atoms.